The molecule has 5 nitrogen and oxygen atoms in total. The van der Waals surface area contributed by atoms with Crippen molar-refractivity contribution in [2.45, 2.75) is 38.6 Å². The maximum absolute atomic E-state index is 12.0. The molecule has 2 amide bonds. The molecule has 0 radical (unpaired) electrons. The summed E-state index contributed by atoms with van der Waals surface area (Å²) in [6.07, 6.45) is 3.29. The highest BCUT2D eigenvalue weighted by atomic mass is 16.3. The van der Waals surface area contributed by atoms with E-state index < -0.39 is 0 Å². The Morgan fingerprint density at radius 3 is 2.57 bits per heavy atom. The topological polar surface area (TPSA) is 78.4 Å². The van der Waals surface area contributed by atoms with Crippen molar-refractivity contribution in [2.24, 2.45) is 5.92 Å². The predicted molar refractivity (Wildman–Crippen MR) is 80.8 cm³/mol. The van der Waals surface area contributed by atoms with E-state index in [4.69, 9.17) is 0 Å². The molecule has 114 valence electrons. The molecule has 0 heterocycles. The van der Waals surface area contributed by atoms with E-state index in [1.807, 2.05) is 12.1 Å². The molecule has 2 unspecified atom stereocenters. The average molecular weight is 290 g/mol. The lowest BCUT2D eigenvalue weighted by atomic mass is 10.0. The van der Waals surface area contributed by atoms with E-state index in [-0.39, 0.29) is 30.4 Å². The molecule has 3 N–H and O–H groups in total. The van der Waals surface area contributed by atoms with E-state index >= 15 is 0 Å². The third-order valence-electron chi connectivity index (χ3n) is 3.88. The molecular weight excluding hydrogens is 268 g/mol. The van der Waals surface area contributed by atoms with Crippen LogP contribution in [0.2, 0.25) is 0 Å². The summed E-state index contributed by atoms with van der Waals surface area (Å²) < 4.78 is 0. The molecule has 1 aliphatic rings. The van der Waals surface area contributed by atoms with Crippen LogP contribution < -0.4 is 10.6 Å². The van der Waals surface area contributed by atoms with Crippen molar-refractivity contribution in [3.8, 4) is 0 Å². The van der Waals surface area contributed by atoms with Crippen molar-refractivity contribution in [3.63, 3.8) is 0 Å². The summed E-state index contributed by atoms with van der Waals surface area (Å²) >= 11 is 0. The maximum Gasteiger partial charge on any atom is 0.224 e. The average Bonchev–Trinajstić information content (AvgIpc) is 2.87. The fourth-order valence-corrected chi connectivity index (χ4v) is 2.80. The molecule has 21 heavy (non-hydrogen) atoms. The molecule has 2 rings (SSSR count). The van der Waals surface area contributed by atoms with E-state index in [2.05, 4.69) is 10.6 Å². The summed E-state index contributed by atoms with van der Waals surface area (Å²) in [5.41, 5.74) is 1.63. The molecule has 2 atom stereocenters. The Morgan fingerprint density at radius 1 is 1.24 bits per heavy atom. The lowest BCUT2D eigenvalue weighted by molar-refractivity contribution is -0.121. The molecule has 0 bridgehead atoms. The van der Waals surface area contributed by atoms with Gasteiger partial charge in [-0.2, -0.15) is 0 Å². The van der Waals surface area contributed by atoms with E-state index in [1.165, 1.54) is 6.92 Å². The maximum atomic E-state index is 12.0. The second-order valence-corrected chi connectivity index (χ2v) is 5.60. The monoisotopic (exact) mass is 290 g/mol. The van der Waals surface area contributed by atoms with E-state index in [0.29, 0.717) is 6.42 Å². The fourth-order valence-electron chi connectivity index (χ4n) is 2.80. The first-order chi connectivity index (χ1) is 10.1. The Labute approximate surface area is 124 Å². The van der Waals surface area contributed by atoms with Crippen molar-refractivity contribution in [1.82, 2.24) is 5.32 Å². The van der Waals surface area contributed by atoms with Gasteiger partial charge in [0, 0.05) is 31.2 Å². The first-order valence-electron chi connectivity index (χ1n) is 7.35. The number of nitrogens with one attached hydrogen (secondary N) is 2. The number of aliphatic hydroxyl groups excluding tert-OH is 1. The molecule has 1 saturated carbocycles. The SMILES string of the molecule is CC(=O)Nc1ccc(CC(=O)NC2CCCC2CO)cc1. The van der Waals surface area contributed by atoms with Crippen LogP contribution in [0, 0.1) is 5.92 Å². The summed E-state index contributed by atoms with van der Waals surface area (Å²) in [4.78, 5) is 23.0. The smallest absolute Gasteiger partial charge is 0.224 e. The van der Waals surface area contributed by atoms with Gasteiger partial charge in [-0.3, -0.25) is 9.59 Å². The summed E-state index contributed by atoms with van der Waals surface area (Å²) in [7, 11) is 0. The van der Waals surface area contributed by atoms with Crippen molar-refractivity contribution in [3.05, 3.63) is 29.8 Å². The molecule has 0 aromatic heterocycles. The van der Waals surface area contributed by atoms with Gasteiger partial charge in [-0.25, -0.2) is 0 Å². The number of carbonyl (C=O) groups excluding carboxylic acids is 2. The van der Waals surface area contributed by atoms with E-state index in [1.54, 1.807) is 12.1 Å². The van der Waals surface area contributed by atoms with Crippen molar-refractivity contribution in [1.29, 1.82) is 0 Å². The zero-order chi connectivity index (χ0) is 15.2. The highest BCUT2D eigenvalue weighted by Gasteiger charge is 2.27. The number of benzene rings is 1. The van der Waals surface area contributed by atoms with Crippen molar-refractivity contribution in [2.75, 3.05) is 11.9 Å². The largest absolute Gasteiger partial charge is 0.396 e. The van der Waals surface area contributed by atoms with Gasteiger partial charge in [-0.05, 0) is 30.5 Å². The number of anilines is 1. The first-order valence-corrected chi connectivity index (χ1v) is 7.35. The zero-order valence-corrected chi connectivity index (χ0v) is 12.3. The zero-order valence-electron chi connectivity index (χ0n) is 12.3. The molecule has 5 heteroatoms. The van der Waals surface area contributed by atoms with Gasteiger partial charge in [0.05, 0.1) is 6.42 Å². The summed E-state index contributed by atoms with van der Waals surface area (Å²) in [6, 6.07) is 7.35. The van der Waals surface area contributed by atoms with Gasteiger partial charge in [0.15, 0.2) is 0 Å². The second-order valence-electron chi connectivity index (χ2n) is 5.60. The highest BCUT2D eigenvalue weighted by Crippen LogP contribution is 2.25. The second kappa shape index (κ2) is 7.22. The van der Waals surface area contributed by atoms with Crippen LogP contribution >= 0.6 is 0 Å². The Morgan fingerprint density at radius 2 is 1.95 bits per heavy atom. The number of amides is 2. The number of hydrogen-bond acceptors (Lipinski definition) is 3. The van der Waals surface area contributed by atoms with Gasteiger partial charge in [-0.1, -0.05) is 18.6 Å². The fraction of sp³-hybridized carbons (Fsp3) is 0.500. The third kappa shape index (κ3) is 4.56. The van der Waals surface area contributed by atoms with Crippen LogP contribution in [-0.2, 0) is 16.0 Å². The van der Waals surface area contributed by atoms with Crippen LogP contribution in [0.1, 0.15) is 31.7 Å². The third-order valence-corrected chi connectivity index (χ3v) is 3.88. The van der Waals surface area contributed by atoms with Crippen LogP contribution in [0.3, 0.4) is 0 Å². The number of aliphatic hydroxyl groups is 1. The predicted octanol–water partition coefficient (Wildman–Crippen LogP) is 1.46. The lowest BCUT2D eigenvalue weighted by Gasteiger charge is -2.19. The van der Waals surface area contributed by atoms with Crippen LogP contribution in [0.5, 0.6) is 0 Å². The Hall–Kier alpha value is -1.88. The minimum atomic E-state index is -0.114. The Bertz CT molecular complexity index is 499. The van der Waals surface area contributed by atoms with Crippen molar-refractivity contribution < 1.29 is 14.7 Å². The first kappa shape index (κ1) is 15.5. The number of rotatable bonds is 5. The van der Waals surface area contributed by atoms with E-state index in [0.717, 1.165) is 30.5 Å². The van der Waals surface area contributed by atoms with Crippen molar-refractivity contribution >= 4 is 17.5 Å². The van der Waals surface area contributed by atoms with Gasteiger partial charge < -0.3 is 15.7 Å². The summed E-state index contributed by atoms with van der Waals surface area (Å²) in [5.74, 6) is 0.0560. The molecule has 1 aromatic carbocycles. The Kier molecular flexibility index (Phi) is 5.33. The molecule has 0 spiro atoms. The normalized spacial score (nSPS) is 21.0. The van der Waals surface area contributed by atoms with Gasteiger partial charge in [-0.15, -0.1) is 0 Å². The van der Waals surface area contributed by atoms with Crippen LogP contribution in [0.15, 0.2) is 24.3 Å². The minimum absolute atomic E-state index is 0.0207. The summed E-state index contributed by atoms with van der Waals surface area (Å²) in [5, 5.41) is 15.0. The molecule has 0 aliphatic heterocycles. The van der Waals surface area contributed by atoms with Gasteiger partial charge in [0.25, 0.3) is 0 Å². The van der Waals surface area contributed by atoms with Crippen LogP contribution in [0.4, 0.5) is 5.69 Å². The minimum Gasteiger partial charge on any atom is -0.396 e. The standard InChI is InChI=1S/C16H22N2O3/c1-11(20)17-14-7-5-12(6-8-14)9-16(21)18-15-4-2-3-13(15)10-19/h5-8,13,15,19H,2-4,9-10H2,1H3,(H,17,20)(H,18,21). The molecule has 1 fully saturated rings. The quantitative estimate of drug-likeness (QED) is 0.768. The van der Waals surface area contributed by atoms with E-state index in [9.17, 15) is 14.7 Å². The number of hydrogen-bond donors (Lipinski definition) is 3. The molecule has 1 aromatic rings. The lowest BCUT2D eigenvalue weighted by Crippen LogP contribution is -2.39. The number of carbonyl (C=O) groups is 2. The Balaban J connectivity index is 1.86. The molecule has 0 saturated heterocycles. The molecule has 1 aliphatic carbocycles. The summed E-state index contributed by atoms with van der Waals surface area (Å²) in [6.45, 7) is 1.59. The highest BCUT2D eigenvalue weighted by molar-refractivity contribution is 5.88. The van der Waals surface area contributed by atoms with Gasteiger partial charge in [0.1, 0.15) is 0 Å². The van der Waals surface area contributed by atoms with Gasteiger partial charge in [0.2, 0.25) is 11.8 Å². The van der Waals surface area contributed by atoms with Crippen LogP contribution in [-0.4, -0.2) is 29.6 Å². The van der Waals surface area contributed by atoms with Gasteiger partial charge >= 0.3 is 0 Å². The molecular formula is C16H22N2O3. The van der Waals surface area contributed by atoms with Crippen LogP contribution in [0.25, 0.3) is 0 Å².